The van der Waals surface area contributed by atoms with Crippen LogP contribution in [0.3, 0.4) is 0 Å². The molecule has 0 spiro atoms. The Bertz CT molecular complexity index is 1200. The molecule has 0 aromatic heterocycles. The molecule has 1 N–H and O–H groups in total. The molecule has 0 bridgehead atoms. The summed E-state index contributed by atoms with van der Waals surface area (Å²) in [6.45, 7) is 0. The number of amides is 1. The van der Waals surface area contributed by atoms with Crippen molar-refractivity contribution in [2.24, 2.45) is 0 Å². The van der Waals surface area contributed by atoms with Crippen molar-refractivity contribution in [1.29, 1.82) is 0 Å². The van der Waals surface area contributed by atoms with E-state index in [9.17, 15) is 4.79 Å². The highest BCUT2D eigenvalue weighted by atomic mass is 35.5. The molecule has 0 fully saturated rings. The highest BCUT2D eigenvalue weighted by Crippen LogP contribution is 2.39. The van der Waals surface area contributed by atoms with E-state index in [2.05, 4.69) is 17.4 Å². The van der Waals surface area contributed by atoms with E-state index in [4.69, 9.17) is 11.6 Å². The minimum atomic E-state index is -0.391. The fourth-order valence-electron chi connectivity index (χ4n) is 3.76. The lowest BCUT2D eigenvalue weighted by molar-refractivity contribution is 0.0975. The first-order chi connectivity index (χ1) is 13.7. The highest BCUT2D eigenvalue weighted by molar-refractivity contribution is 6.31. The third kappa shape index (κ3) is 2.72. The SMILES string of the molecule is O=C1c2ccccc2N[C@@H](c2ccccc2Cl)N1c1ccc2ccccc2c1. The summed E-state index contributed by atoms with van der Waals surface area (Å²) in [5.74, 6) is -0.0467. The van der Waals surface area contributed by atoms with Crippen molar-refractivity contribution in [3.05, 3.63) is 107 Å². The molecule has 0 radical (unpaired) electrons. The van der Waals surface area contributed by atoms with Gasteiger partial charge in [0, 0.05) is 22.0 Å². The van der Waals surface area contributed by atoms with Gasteiger partial charge in [-0.05, 0) is 41.1 Å². The van der Waals surface area contributed by atoms with Crippen molar-refractivity contribution < 1.29 is 4.79 Å². The van der Waals surface area contributed by atoms with Crippen LogP contribution in [0.5, 0.6) is 0 Å². The van der Waals surface area contributed by atoms with Crippen LogP contribution in [0.2, 0.25) is 5.02 Å². The Morgan fingerprint density at radius 3 is 2.36 bits per heavy atom. The maximum atomic E-state index is 13.5. The summed E-state index contributed by atoms with van der Waals surface area (Å²) in [5, 5.41) is 6.35. The summed E-state index contributed by atoms with van der Waals surface area (Å²) >= 11 is 6.50. The summed E-state index contributed by atoms with van der Waals surface area (Å²) in [6, 6.07) is 29.4. The van der Waals surface area contributed by atoms with Gasteiger partial charge in [-0.1, -0.05) is 72.3 Å². The molecule has 5 rings (SSSR count). The lowest BCUT2D eigenvalue weighted by Gasteiger charge is -2.38. The number of benzene rings is 4. The quantitative estimate of drug-likeness (QED) is 0.442. The molecule has 28 heavy (non-hydrogen) atoms. The number of carbonyl (C=O) groups excluding carboxylic acids is 1. The first-order valence-electron chi connectivity index (χ1n) is 9.15. The maximum Gasteiger partial charge on any atom is 0.262 e. The Morgan fingerprint density at radius 1 is 0.786 bits per heavy atom. The topological polar surface area (TPSA) is 32.3 Å². The molecule has 0 aliphatic carbocycles. The number of nitrogens with zero attached hydrogens (tertiary/aromatic N) is 1. The van der Waals surface area contributed by atoms with Gasteiger partial charge in [-0.15, -0.1) is 0 Å². The van der Waals surface area contributed by atoms with E-state index in [0.29, 0.717) is 10.6 Å². The zero-order valence-electron chi connectivity index (χ0n) is 15.0. The lowest BCUT2D eigenvalue weighted by Crippen LogP contribution is -2.43. The molecule has 1 aliphatic heterocycles. The molecule has 0 saturated carbocycles. The number of hydrogen-bond acceptors (Lipinski definition) is 2. The number of rotatable bonds is 2. The van der Waals surface area contributed by atoms with Gasteiger partial charge in [-0.25, -0.2) is 0 Å². The summed E-state index contributed by atoms with van der Waals surface area (Å²) in [6.07, 6.45) is -0.391. The zero-order chi connectivity index (χ0) is 19.1. The second-order valence-electron chi connectivity index (χ2n) is 6.82. The van der Waals surface area contributed by atoms with Crippen molar-refractivity contribution in [3.8, 4) is 0 Å². The smallest absolute Gasteiger partial charge is 0.262 e. The number of nitrogens with one attached hydrogen (secondary N) is 1. The van der Waals surface area contributed by atoms with Gasteiger partial charge in [0.05, 0.1) is 5.56 Å². The predicted molar refractivity (Wildman–Crippen MR) is 115 cm³/mol. The van der Waals surface area contributed by atoms with Gasteiger partial charge in [0.2, 0.25) is 0 Å². The van der Waals surface area contributed by atoms with E-state index < -0.39 is 6.17 Å². The third-order valence-electron chi connectivity index (χ3n) is 5.14. The average molecular weight is 385 g/mol. The van der Waals surface area contributed by atoms with Crippen LogP contribution in [0.4, 0.5) is 11.4 Å². The van der Waals surface area contributed by atoms with Gasteiger partial charge < -0.3 is 5.32 Å². The fourth-order valence-corrected chi connectivity index (χ4v) is 4.00. The first kappa shape index (κ1) is 16.8. The number of carbonyl (C=O) groups is 1. The normalized spacial score (nSPS) is 16.0. The lowest BCUT2D eigenvalue weighted by atomic mass is 10.0. The Hall–Kier alpha value is -3.30. The minimum absolute atomic E-state index is 0.0467. The van der Waals surface area contributed by atoms with Gasteiger partial charge in [-0.3, -0.25) is 9.69 Å². The average Bonchev–Trinajstić information content (AvgIpc) is 2.74. The third-order valence-corrected chi connectivity index (χ3v) is 5.48. The van der Waals surface area contributed by atoms with E-state index in [0.717, 1.165) is 27.7 Å². The Morgan fingerprint density at radius 2 is 1.50 bits per heavy atom. The number of para-hydroxylation sites is 1. The van der Waals surface area contributed by atoms with Gasteiger partial charge >= 0.3 is 0 Å². The fraction of sp³-hybridized carbons (Fsp3) is 0.0417. The van der Waals surface area contributed by atoms with Gasteiger partial charge in [0.1, 0.15) is 6.17 Å². The van der Waals surface area contributed by atoms with Crippen LogP contribution in [-0.4, -0.2) is 5.91 Å². The van der Waals surface area contributed by atoms with E-state index in [-0.39, 0.29) is 5.91 Å². The second-order valence-corrected chi connectivity index (χ2v) is 7.23. The van der Waals surface area contributed by atoms with Crippen molar-refractivity contribution in [2.75, 3.05) is 10.2 Å². The van der Waals surface area contributed by atoms with E-state index >= 15 is 0 Å². The molecule has 1 amide bonds. The summed E-state index contributed by atoms with van der Waals surface area (Å²) < 4.78 is 0. The predicted octanol–water partition coefficient (Wildman–Crippen LogP) is 6.26. The molecular formula is C24H17ClN2O. The maximum absolute atomic E-state index is 13.5. The Labute approximate surface area is 168 Å². The molecule has 1 heterocycles. The van der Waals surface area contributed by atoms with Crippen molar-refractivity contribution >= 4 is 39.7 Å². The molecule has 1 atom stereocenters. The van der Waals surface area contributed by atoms with Crippen LogP contribution in [-0.2, 0) is 0 Å². The van der Waals surface area contributed by atoms with Crippen LogP contribution in [0.25, 0.3) is 10.8 Å². The van der Waals surface area contributed by atoms with Crippen LogP contribution < -0.4 is 10.2 Å². The highest BCUT2D eigenvalue weighted by Gasteiger charge is 2.34. The minimum Gasteiger partial charge on any atom is -0.360 e. The van der Waals surface area contributed by atoms with E-state index in [1.807, 2.05) is 78.9 Å². The van der Waals surface area contributed by atoms with Crippen LogP contribution in [0.1, 0.15) is 22.1 Å². The second kappa shape index (κ2) is 6.70. The summed E-state index contributed by atoms with van der Waals surface area (Å²) in [7, 11) is 0. The molecule has 4 heteroatoms. The molecule has 3 nitrogen and oxygen atoms in total. The van der Waals surface area contributed by atoms with E-state index in [1.165, 1.54) is 0 Å². The number of anilines is 2. The monoisotopic (exact) mass is 384 g/mol. The van der Waals surface area contributed by atoms with Crippen LogP contribution in [0, 0.1) is 0 Å². The number of hydrogen-bond donors (Lipinski definition) is 1. The van der Waals surface area contributed by atoms with Crippen LogP contribution in [0.15, 0.2) is 91.0 Å². The molecule has 4 aromatic carbocycles. The molecule has 0 saturated heterocycles. The standard InChI is InChI=1S/C24H17ClN2O/c25-21-11-5-3-9-19(21)23-26-22-12-6-4-10-20(22)24(28)27(23)18-14-13-16-7-1-2-8-17(16)15-18/h1-15,23,26H/t23-/m1/s1. The zero-order valence-corrected chi connectivity index (χ0v) is 15.7. The summed E-state index contributed by atoms with van der Waals surface area (Å²) in [5.41, 5.74) is 3.16. The van der Waals surface area contributed by atoms with Gasteiger partial charge in [-0.2, -0.15) is 0 Å². The van der Waals surface area contributed by atoms with Crippen molar-refractivity contribution in [2.45, 2.75) is 6.17 Å². The Kier molecular flexibility index (Phi) is 4.03. The van der Waals surface area contributed by atoms with Crippen molar-refractivity contribution in [1.82, 2.24) is 0 Å². The van der Waals surface area contributed by atoms with Crippen molar-refractivity contribution in [3.63, 3.8) is 0 Å². The molecule has 0 unspecified atom stereocenters. The number of halogens is 1. The largest absolute Gasteiger partial charge is 0.360 e. The van der Waals surface area contributed by atoms with Crippen LogP contribution >= 0.6 is 11.6 Å². The summed E-state index contributed by atoms with van der Waals surface area (Å²) in [4.78, 5) is 15.3. The molecule has 136 valence electrons. The van der Waals surface area contributed by atoms with E-state index in [1.54, 1.807) is 4.90 Å². The molecule has 1 aliphatic rings. The Balaban J connectivity index is 1.71. The number of fused-ring (bicyclic) bond motifs is 2. The first-order valence-corrected chi connectivity index (χ1v) is 9.52. The molecular weight excluding hydrogens is 368 g/mol. The van der Waals surface area contributed by atoms with Gasteiger partial charge in [0.25, 0.3) is 5.91 Å². The molecule has 4 aromatic rings. The van der Waals surface area contributed by atoms with Gasteiger partial charge in [0.15, 0.2) is 0 Å².